The third kappa shape index (κ3) is 6.02. The number of piperidine rings is 1. The van der Waals surface area contributed by atoms with E-state index in [9.17, 15) is 14.7 Å². The second-order valence-corrected chi connectivity index (χ2v) is 11.3. The van der Waals surface area contributed by atoms with Crippen molar-refractivity contribution in [2.75, 3.05) is 38.7 Å². The first kappa shape index (κ1) is 26.8. The molecule has 1 aliphatic heterocycles. The first-order valence-corrected chi connectivity index (χ1v) is 13.3. The Morgan fingerprint density at radius 1 is 1.30 bits per heavy atom. The zero-order chi connectivity index (χ0) is 26.7. The average molecular weight is 530 g/mol. The van der Waals surface area contributed by atoms with E-state index in [2.05, 4.69) is 43.1 Å². The van der Waals surface area contributed by atoms with Crippen LogP contribution in [-0.2, 0) is 4.74 Å². The first-order valence-electron chi connectivity index (χ1n) is 12.4. The highest BCUT2D eigenvalue weighted by Crippen LogP contribution is 2.29. The van der Waals surface area contributed by atoms with Gasteiger partial charge >= 0.3 is 6.09 Å². The summed E-state index contributed by atoms with van der Waals surface area (Å²) in [5, 5.41) is 19.4. The lowest BCUT2D eigenvalue weighted by atomic mass is 9.88. The van der Waals surface area contributed by atoms with E-state index in [1.165, 1.54) is 16.2 Å². The van der Waals surface area contributed by atoms with E-state index in [1.807, 2.05) is 11.6 Å². The lowest BCUT2D eigenvalue weighted by molar-refractivity contribution is 0.0557. The number of hydrogen-bond donors (Lipinski definition) is 2. The highest BCUT2D eigenvalue weighted by Gasteiger charge is 2.31. The molecule has 3 aromatic heterocycles. The molecule has 11 nitrogen and oxygen atoms in total. The molecule has 1 saturated heterocycles. The molecule has 4 rings (SSSR count). The maximum atomic E-state index is 13.6. The molecule has 0 aliphatic carbocycles. The number of likely N-dealkylation sites (tertiary alicyclic amines) is 1. The first-order chi connectivity index (χ1) is 17.6. The van der Waals surface area contributed by atoms with Crippen molar-refractivity contribution in [2.45, 2.75) is 52.6 Å². The smallest absolute Gasteiger partial charge is 0.407 e. The van der Waals surface area contributed by atoms with Gasteiger partial charge in [0.05, 0.1) is 18.4 Å². The highest BCUT2D eigenvalue weighted by molar-refractivity contribution is 7.16. The molecule has 1 atom stereocenters. The molecule has 0 saturated carbocycles. The number of methoxy groups -OCH3 is 1. The molecular weight excluding hydrogens is 494 g/mol. The van der Waals surface area contributed by atoms with E-state index in [0.29, 0.717) is 56.4 Å². The Hall–Kier alpha value is -3.25. The third-order valence-electron chi connectivity index (χ3n) is 6.96. The fourth-order valence-electron chi connectivity index (χ4n) is 4.24. The maximum Gasteiger partial charge on any atom is 0.407 e. The van der Waals surface area contributed by atoms with Crippen molar-refractivity contribution in [1.82, 2.24) is 29.4 Å². The summed E-state index contributed by atoms with van der Waals surface area (Å²) in [5.41, 5.74) is 1.05. The van der Waals surface area contributed by atoms with Crippen LogP contribution in [0, 0.1) is 5.41 Å². The Balaban J connectivity index is 1.58. The zero-order valence-electron chi connectivity index (χ0n) is 22.0. The quantitative estimate of drug-likeness (QED) is 0.450. The number of carbonyl (C=O) groups excluding carboxylic acids is 1. The summed E-state index contributed by atoms with van der Waals surface area (Å²) in [6.45, 7) is 10.1. The van der Waals surface area contributed by atoms with Gasteiger partial charge in [-0.3, -0.25) is 4.79 Å². The summed E-state index contributed by atoms with van der Waals surface area (Å²) >= 11 is 1.54. The summed E-state index contributed by atoms with van der Waals surface area (Å²) in [5.74, 6) is 0.832. The van der Waals surface area contributed by atoms with E-state index in [0.717, 1.165) is 10.4 Å². The molecule has 2 amide bonds. The van der Waals surface area contributed by atoms with Crippen LogP contribution in [0.1, 0.15) is 51.0 Å². The van der Waals surface area contributed by atoms with E-state index < -0.39 is 6.09 Å². The van der Waals surface area contributed by atoms with Crippen LogP contribution in [-0.4, -0.2) is 91.9 Å². The number of aromatic nitrogens is 4. The number of nitrogens with zero attached hydrogens (tertiary/aromatic N) is 6. The molecule has 0 spiro atoms. The number of carboxylic acid groups (broad SMARTS) is 1. The van der Waals surface area contributed by atoms with Gasteiger partial charge in [-0.05, 0) is 25.2 Å². The Bertz CT molecular complexity index is 1240. The molecular formula is C25H35N7O4S. The van der Waals surface area contributed by atoms with E-state index in [-0.39, 0.29) is 23.4 Å². The normalized spacial score (nSPS) is 15.6. The van der Waals surface area contributed by atoms with E-state index >= 15 is 0 Å². The minimum absolute atomic E-state index is 0.0191. The van der Waals surface area contributed by atoms with Crippen LogP contribution in [0.4, 0.5) is 10.6 Å². The Morgan fingerprint density at radius 3 is 2.68 bits per heavy atom. The Morgan fingerprint density at radius 2 is 2.03 bits per heavy atom. The molecule has 1 fully saturated rings. The van der Waals surface area contributed by atoms with Gasteiger partial charge in [0, 0.05) is 56.5 Å². The molecule has 0 radical (unpaired) electrons. The highest BCUT2D eigenvalue weighted by atomic mass is 32.1. The summed E-state index contributed by atoms with van der Waals surface area (Å²) < 4.78 is 6.83. The largest absolute Gasteiger partial charge is 0.465 e. The van der Waals surface area contributed by atoms with Crippen molar-refractivity contribution in [3.63, 3.8) is 0 Å². The fourth-order valence-corrected chi connectivity index (χ4v) is 5.03. The molecule has 0 bridgehead atoms. The number of carbonyl (C=O) groups is 2. The molecule has 4 heterocycles. The molecule has 0 unspecified atom stereocenters. The monoisotopic (exact) mass is 529 g/mol. The van der Waals surface area contributed by atoms with Gasteiger partial charge in [-0.15, -0.1) is 11.3 Å². The molecule has 2 N–H and O–H groups in total. The minimum atomic E-state index is -0.966. The summed E-state index contributed by atoms with van der Waals surface area (Å²) in [7, 11) is 1.55. The lowest BCUT2D eigenvalue weighted by Crippen LogP contribution is -2.49. The number of hydrogen-bond acceptors (Lipinski definition) is 8. The summed E-state index contributed by atoms with van der Waals surface area (Å²) in [4.78, 5) is 38.8. The maximum absolute atomic E-state index is 13.6. The predicted molar refractivity (Wildman–Crippen MR) is 142 cm³/mol. The van der Waals surface area contributed by atoms with Gasteiger partial charge in [0.25, 0.3) is 5.91 Å². The molecule has 200 valence electrons. The van der Waals surface area contributed by atoms with Crippen molar-refractivity contribution in [3.05, 3.63) is 29.5 Å². The Labute approximate surface area is 220 Å². The van der Waals surface area contributed by atoms with Crippen molar-refractivity contribution >= 4 is 34.0 Å². The minimum Gasteiger partial charge on any atom is -0.465 e. The van der Waals surface area contributed by atoms with Crippen LogP contribution in [0.3, 0.4) is 0 Å². The second kappa shape index (κ2) is 11.0. The van der Waals surface area contributed by atoms with E-state index in [1.54, 1.807) is 28.8 Å². The average Bonchev–Trinajstić information content (AvgIpc) is 3.47. The molecule has 0 aromatic carbocycles. The predicted octanol–water partition coefficient (Wildman–Crippen LogP) is 3.93. The van der Waals surface area contributed by atoms with Gasteiger partial charge < -0.3 is 25.0 Å². The van der Waals surface area contributed by atoms with Crippen LogP contribution >= 0.6 is 11.3 Å². The third-order valence-corrected chi connectivity index (χ3v) is 7.84. The van der Waals surface area contributed by atoms with Crippen molar-refractivity contribution < 1.29 is 19.4 Å². The second-order valence-electron chi connectivity index (χ2n) is 10.4. The number of anilines is 1. The van der Waals surface area contributed by atoms with Crippen molar-refractivity contribution in [3.8, 4) is 11.4 Å². The Kier molecular flexibility index (Phi) is 7.98. The van der Waals surface area contributed by atoms with Crippen LogP contribution in [0.25, 0.3) is 16.2 Å². The van der Waals surface area contributed by atoms with Crippen LogP contribution in [0.2, 0.25) is 0 Å². The summed E-state index contributed by atoms with van der Waals surface area (Å²) in [6, 6.07) is 1.65. The lowest BCUT2D eigenvalue weighted by Gasteiger charge is -2.37. The van der Waals surface area contributed by atoms with E-state index in [4.69, 9.17) is 9.72 Å². The topological polar surface area (TPSA) is 125 Å². The standard InChI is InChI=1S/C25H35N7O4S/c1-16(25(2,3)4)27-20-14-19(28-21(29-20)18-15-26-32-11-13-37-23(18)32)22(33)30-8-6-17(7-9-30)31(24(34)35)10-12-36-5/h11,13-17H,6-10,12H2,1-5H3,(H,34,35)(H,27,28,29)/t16-/m0/s1. The van der Waals surface area contributed by atoms with Gasteiger partial charge in [-0.25, -0.2) is 19.3 Å². The van der Waals surface area contributed by atoms with Gasteiger partial charge in [-0.1, -0.05) is 20.8 Å². The SMILES string of the molecule is COCCN(C(=O)O)C1CCN(C(=O)c2cc(N[C@@H](C)C(C)(C)C)nc(-c3cnn4ccsc34)n2)CC1. The van der Waals surface area contributed by atoms with Crippen molar-refractivity contribution in [2.24, 2.45) is 5.41 Å². The number of rotatable bonds is 8. The van der Waals surface area contributed by atoms with Gasteiger partial charge in [0.15, 0.2) is 5.82 Å². The molecule has 1 aliphatic rings. The van der Waals surface area contributed by atoms with Crippen LogP contribution < -0.4 is 5.32 Å². The molecule has 3 aromatic rings. The van der Waals surface area contributed by atoms with Crippen molar-refractivity contribution in [1.29, 1.82) is 0 Å². The van der Waals surface area contributed by atoms with Crippen LogP contribution in [0.15, 0.2) is 23.8 Å². The molecule has 37 heavy (non-hydrogen) atoms. The number of thiazole rings is 1. The molecule has 12 heteroatoms. The van der Waals surface area contributed by atoms with Gasteiger partial charge in [-0.2, -0.15) is 5.10 Å². The number of ether oxygens (including phenoxy) is 1. The van der Waals surface area contributed by atoms with Gasteiger partial charge in [0.2, 0.25) is 0 Å². The zero-order valence-corrected chi connectivity index (χ0v) is 22.8. The fraction of sp³-hybridized carbons (Fsp3) is 0.560. The number of amides is 2. The van der Waals surface area contributed by atoms with Gasteiger partial charge in [0.1, 0.15) is 16.3 Å². The summed E-state index contributed by atoms with van der Waals surface area (Å²) in [6.07, 6.45) is 3.75. The number of fused-ring (bicyclic) bond motifs is 1. The number of nitrogens with one attached hydrogen (secondary N) is 1. The van der Waals surface area contributed by atoms with Crippen LogP contribution in [0.5, 0.6) is 0 Å².